The standard InChI is InChI=1S/C22H18N6/c1-14(20-13-24-10-11-25-20)6-7-16-4-3-5-17(12-16)18-8-9-19-21(28-18)22(23)27-15(2)26-19/h3-5,8-14H,1-2H3,(H2,23,26,27)/t14-/m0/s1. The lowest BCUT2D eigenvalue weighted by Crippen LogP contribution is -1.99. The van der Waals surface area contributed by atoms with E-state index in [1.807, 2.05) is 50.2 Å². The van der Waals surface area contributed by atoms with Crippen LogP contribution in [0.3, 0.4) is 0 Å². The molecule has 3 heterocycles. The minimum Gasteiger partial charge on any atom is -0.382 e. The van der Waals surface area contributed by atoms with Gasteiger partial charge in [0.2, 0.25) is 0 Å². The van der Waals surface area contributed by atoms with E-state index in [0.29, 0.717) is 17.2 Å². The molecule has 2 N–H and O–H groups in total. The molecule has 136 valence electrons. The average molecular weight is 366 g/mol. The average Bonchev–Trinajstić information content (AvgIpc) is 2.72. The highest BCUT2D eigenvalue weighted by Gasteiger charge is 2.08. The highest BCUT2D eigenvalue weighted by atomic mass is 15.0. The molecular weight excluding hydrogens is 348 g/mol. The van der Waals surface area contributed by atoms with Gasteiger partial charge in [-0.1, -0.05) is 24.0 Å². The van der Waals surface area contributed by atoms with Gasteiger partial charge in [-0.05, 0) is 38.1 Å². The maximum atomic E-state index is 6.02. The molecular formula is C22H18N6. The SMILES string of the molecule is Cc1nc(N)c2nc(-c3cccc(C#C[C@H](C)c4cnccn4)c3)ccc2n1. The van der Waals surface area contributed by atoms with Crippen molar-refractivity contribution in [3.8, 4) is 23.1 Å². The molecule has 1 atom stereocenters. The van der Waals surface area contributed by atoms with Crippen LogP contribution in [0.1, 0.15) is 29.9 Å². The lowest BCUT2D eigenvalue weighted by atomic mass is 10.1. The van der Waals surface area contributed by atoms with Gasteiger partial charge in [0.1, 0.15) is 11.3 Å². The molecule has 0 fully saturated rings. The Bertz CT molecular complexity index is 1210. The van der Waals surface area contributed by atoms with Crippen molar-refractivity contribution >= 4 is 16.9 Å². The van der Waals surface area contributed by atoms with E-state index >= 15 is 0 Å². The Morgan fingerprint density at radius 2 is 1.93 bits per heavy atom. The molecule has 0 aliphatic heterocycles. The summed E-state index contributed by atoms with van der Waals surface area (Å²) in [7, 11) is 0. The summed E-state index contributed by atoms with van der Waals surface area (Å²) in [5.74, 6) is 7.46. The fourth-order valence-electron chi connectivity index (χ4n) is 2.87. The van der Waals surface area contributed by atoms with E-state index in [0.717, 1.165) is 28.0 Å². The molecule has 0 spiro atoms. The number of benzene rings is 1. The third-order valence-corrected chi connectivity index (χ3v) is 4.30. The Labute approximate surface area is 162 Å². The molecule has 0 saturated carbocycles. The number of aromatic nitrogens is 5. The van der Waals surface area contributed by atoms with Gasteiger partial charge in [0, 0.05) is 29.7 Å². The van der Waals surface area contributed by atoms with E-state index in [1.54, 1.807) is 18.6 Å². The van der Waals surface area contributed by atoms with E-state index in [-0.39, 0.29) is 5.92 Å². The van der Waals surface area contributed by atoms with Crippen molar-refractivity contribution in [3.05, 3.63) is 72.1 Å². The summed E-state index contributed by atoms with van der Waals surface area (Å²) in [6, 6.07) is 11.8. The first-order valence-electron chi connectivity index (χ1n) is 8.89. The number of anilines is 1. The predicted molar refractivity (Wildman–Crippen MR) is 109 cm³/mol. The zero-order valence-corrected chi connectivity index (χ0v) is 15.6. The molecule has 0 bridgehead atoms. The van der Waals surface area contributed by atoms with Gasteiger partial charge in [0.25, 0.3) is 0 Å². The zero-order valence-electron chi connectivity index (χ0n) is 15.6. The molecule has 0 aliphatic carbocycles. The maximum Gasteiger partial charge on any atom is 0.153 e. The van der Waals surface area contributed by atoms with Crippen molar-refractivity contribution in [1.82, 2.24) is 24.9 Å². The normalized spacial score (nSPS) is 11.6. The van der Waals surface area contributed by atoms with E-state index in [9.17, 15) is 0 Å². The summed E-state index contributed by atoms with van der Waals surface area (Å²) in [6.07, 6.45) is 5.07. The van der Waals surface area contributed by atoms with E-state index in [2.05, 4.69) is 36.8 Å². The molecule has 0 aliphatic rings. The molecule has 6 heteroatoms. The lowest BCUT2D eigenvalue weighted by molar-refractivity contribution is 0.915. The second-order valence-electron chi connectivity index (χ2n) is 6.42. The summed E-state index contributed by atoms with van der Waals surface area (Å²) >= 11 is 0. The molecule has 0 radical (unpaired) electrons. The molecule has 4 rings (SSSR count). The van der Waals surface area contributed by atoms with Crippen LogP contribution >= 0.6 is 0 Å². The smallest absolute Gasteiger partial charge is 0.153 e. The quantitative estimate of drug-likeness (QED) is 0.546. The van der Waals surface area contributed by atoms with Gasteiger partial charge in [-0.3, -0.25) is 9.97 Å². The Kier molecular flexibility index (Phi) is 4.65. The van der Waals surface area contributed by atoms with Crippen LogP contribution in [0.2, 0.25) is 0 Å². The van der Waals surface area contributed by atoms with E-state index in [1.165, 1.54) is 0 Å². The minimum atomic E-state index is -0.00339. The first kappa shape index (κ1) is 17.6. The Morgan fingerprint density at radius 1 is 1.04 bits per heavy atom. The fraction of sp³-hybridized carbons (Fsp3) is 0.136. The number of pyridine rings is 1. The zero-order chi connectivity index (χ0) is 19.5. The van der Waals surface area contributed by atoms with Crippen LogP contribution in [0.4, 0.5) is 5.82 Å². The molecule has 4 aromatic rings. The van der Waals surface area contributed by atoms with Gasteiger partial charge < -0.3 is 5.73 Å². The van der Waals surface area contributed by atoms with Crippen molar-refractivity contribution in [2.24, 2.45) is 0 Å². The third kappa shape index (κ3) is 3.64. The highest BCUT2D eigenvalue weighted by Crippen LogP contribution is 2.23. The number of nitrogen functional groups attached to an aromatic ring is 1. The Morgan fingerprint density at radius 3 is 2.75 bits per heavy atom. The second kappa shape index (κ2) is 7.41. The minimum absolute atomic E-state index is 0.00339. The molecule has 0 saturated heterocycles. The van der Waals surface area contributed by atoms with Crippen molar-refractivity contribution in [3.63, 3.8) is 0 Å². The number of hydrogen-bond donors (Lipinski definition) is 1. The first-order chi connectivity index (χ1) is 13.6. The van der Waals surface area contributed by atoms with E-state index in [4.69, 9.17) is 5.73 Å². The molecule has 0 unspecified atom stereocenters. The van der Waals surface area contributed by atoms with Crippen LogP contribution in [-0.2, 0) is 0 Å². The molecule has 1 aromatic carbocycles. The monoisotopic (exact) mass is 366 g/mol. The van der Waals surface area contributed by atoms with Crippen molar-refractivity contribution in [1.29, 1.82) is 0 Å². The van der Waals surface area contributed by atoms with Gasteiger partial charge in [0.15, 0.2) is 5.82 Å². The molecule has 0 amide bonds. The van der Waals surface area contributed by atoms with Crippen LogP contribution in [-0.4, -0.2) is 24.9 Å². The van der Waals surface area contributed by atoms with Gasteiger partial charge >= 0.3 is 0 Å². The fourth-order valence-corrected chi connectivity index (χ4v) is 2.87. The van der Waals surface area contributed by atoms with Crippen LogP contribution in [0, 0.1) is 18.8 Å². The van der Waals surface area contributed by atoms with Crippen LogP contribution in [0.15, 0.2) is 55.0 Å². The van der Waals surface area contributed by atoms with Gasteiger partial charge in [-0.25, -0.2) is 15.0 Å². The third-order valence-electron chi connectivity index (χ3n) is 4.30. The summed E-state index contributed by atoms with van der Waals surface area (Å²) in [5.41, 5.74) is 10.9. The molecule has 28 heavy (non-hydrogen) atoms. The summed E-state index contributed by atoms with van der Waals surface area (Å²) in [6.45, 7) is 3.82. The maximum absolute atomic E-state index is 6.02. The number of nitrogens with two attached hydrogens (primary N) is 1. The van der Waals surface area contributed by atoms with Crippen LogP contribution in [0.5, 0.6) is 0 Å². The second-order valence-corrected chi connectivity index (χ2v) is 6.42. The topological polar surface area (TPSA) is 90.5 Å². The largest absolute Gasteiger partial charge is 0.382 e. The number of rotatable bonds is 2. The van der Waals surface area contributed by atoms with Crippen molar-refractivity contribution in [2.45, 2.75) is 19.8 Å². The Balaban J connectivity index is 1.66. The van der Waals surface area contributed by atoms with Crippen molar-refractivity contribution < 1.29 is 0 Å². The van der Waals surface area contributed by atoms with Gasteiger partial charge in [-0.15, -0.1) is 0 Å². The van der Waals surface area contributed by atoms with Crippen LogP contribution in [0.25, 0.3) is 22.3 Å². The molecule has 6 nitrogen and oxygen atoms in total. The van der Waals surface area contributed by atoms with Crippen LogP contribution < -0.4 is 5.73 Å². The first-order valence-corrected chi connectivity index (χ1v) is 8.89. The Hall–Kier alpha value is -3.85. The summed E-state index contributed by atoms with van der Waals surface area (Å²) in [5, 5.41) is 0. The number of fused-ring (bicyclic) bond motifs is 1. The highest BCUT2D eigenvalue weighted by molar-refractivity contribution is 5.86. The number of aryl methyl sites for hydroxylation is 1. The summed E-state index contributed by atoms with van der Waals surface area (Å²) < 4.78 is 0. The number of nitrogens with zero attached hydrogens (tertiary/aromatic N) is 5. The number of hydrogen-bond acceptors (Lipinski definition) is 6. The molecule has 3 aromatic heterocycles. The van der Waals surface area contributed by atoms with Crippen molar-refractivity contribution in [2.75, 3.05) is 5.73 Å². The summed E-state index contributed by atoms with van der Waals surface area (Å²) in [4.78, 5) is 21.6. The van der Waals surface area contributed by atoms with Gasteiger partial charge in [0.05, 0.1) is 22.8 Å². The van der Waals surface area contributed by atoms with Gasteiger partial charge in [-0.2, -0.15) is 0 Å². The lowest BCUT2D eigenvalue weighted by Gasteiger charge is -2.06. The van der Waals surface area contributed by atoms with E-state index < -0.39 is 0 Å². The predicted octanol–water partition coefficient (Wildman–Crippen LogP) is 3.53.